The lowest BCUT2D eigenvalue weighted by atomic mass is 10.3. The molecule has 4 N–H and O–H groups in total. The van der Waals surface area contributed by atoms with E-state index in [2.05, 4.69) is 64.6 Å². The standard InChI is InChI=1S/C11H21N5.H4N2/c1-5-15(6-2)10-9-12-14-13-11(10)16(7-3)8-4;1-2/h9H,5-8H2,1-4H3;1-2H2. The number of hydrazine groups is 1. The predicted octanol–water partition coefficient (Wildman–Crippen LogP) is 0.383. The second-order valence-electron chi connectivity index (χ2n) is 3.49. The van der Waals surface area contributed by atoms with Crippen molar-refractivity contribution in [2.45, 2.75) is 27.7 Å². The van der Waals surface area contributed by atoms with Crippen molar-refractivity contribution in [3.63, 3.8) is 0 Å². The van der Waals surface area contributed by atoms with Gasteiger partial charge in [0.2, 0.25) is 0 Å². The maximum atomic E-state index is 4.16. The third-order valence-corrected chi connectivity index (χ3v) is 2.77. The summed E-state index contributed by atoms with van der Waals surface area (Å²) in [6, 6.07) is 0. The number of nitrogens with zero attached hydrogens (tertiary/aromatic N) is 5. The first-order valence-electron chi connectivity index (χ1n) is 6.29. The van der Waals surface area contributed by atoms with Gasteiger partial charge in [-0.1, -0.05) is 0 Å². The molecule has 0 aliphatic heterocycles. The van der Waals surface area contributed by atoms with Crippen LogP contribution < -0.4 is 21.5 Å². The van der Waals surface area contributed by atoms with Gasteiger partial charge >= 0.3 is 0 Å². The van der Waals surface area contributed by atoms with E-state index in [1.54, 1.807) is 6.20 Å². The van der Waals surface area contributed by atoms with E-state index in [1.165, 1.54) is 0 Å². The van der Waals surface area contributed by atoms with Gasteiger partial charge in [-0.15, -0.1) is 10.2 Å². The topological polar surface area (TPSA) is 97.2 Å². The number of hydrogen-bond acceptors (Lipinski definition) is 7. The summed E-state index contributed by atoms with van der Waals surface area (Å²) in [5, 5.41) is 11.8. The third kappa shape index (κ3) is 4.08. The van der Waals surface area contributed by atoms with Gasteiger partial charge < -0.3 is 9.80 Å². The van der Waals surface area contributed by atoms with E-state index in [4.69, 9.17) is 0 Å². The Balaban J connectivity index is 0.00000137. The highest BCUT2D eigenvalue weighted by Gasteiger charge is 2.14. The highest BCUT2D eigenvalue weighted by atomic mass is 15.4. The number of hydrogen-bond donors (Lipinski definition) is 2. The van der Waals surface area contributed by atoms with Gasteiger partial charge in [-0.05, 0) is 32.9 Å². The van der Waals surface area contributed by atoms with Crippen molar-refractivity contribution in [3.8, 4) is 0 Å². The summed E-state index contributed by atoms with van der Waals surface area (Å²) in [5.41, 5.74) is 1.07. The van der Waals surface area contributed by atoms with Crippen LogP contribution in [0.5, 0.6) is 0 Å². The molecule has 1 aromatic heterocycles. The minimum atomic E-state index is 0.934. The molecule has 1 rings (SSSR count). The molecular formula is C11H25N7. The van der Waals surface area contributed by atoms with E-state index in [0.29, 0.717) is 0 Å². The molecule has 0 fully saturated rings. The molecule has 0 aromatic carbocycles. The Morgan fingerprint density at radius 1 is 0.944 bits per heavy atom. The first-order chi connectivity index (χ1) is 8.78. The SMILES string of the molecule is CCN(CC)c1cnnnc1N(CC)CC.NN. The van der Waals surface area contributed by atoms with Crippen LogP contribution in [0.1, 0.15) is 27.7 Å². The van der Waals surface area contributed by atoms with Crippen LogP contribution in [0.3, 0.4) is 0 Å². The van der Waals surface area contributed by atoms with E-state index in [0.717, 1.165) is 37.7 Å². The van der Waals surface area contributed by atoms with Gasteiger partial charge in [0, 0.05) is 26.2 Å². The molecule has 1 aromatic rings. The van der Waals surface area contributed by atoms with Crippen molar-refractivity contribution in [1.29, 1.82) is 0 Å². The van der Waals surface area contributed by atoms with Gasteiger partial charge in [-0.2, -0.15) is 0 Å². The van der Waals surface area contributed by atoms with Crippen molar-refractivity contribution in [1.82, 2.24) is 15.4 Å². The maximum Gasteiger partial charge on any atom is 0.178 e. The van der Waals surface area contributed by atoms with Gasteiger partial charge in [-0.25, -0.2) is 0 Å². The van der Waals surface area contributed by atoms with Gasteiger partial charge in [0.1, 0.15) is 5.69 Å². The number of aromatic nitrogens is 3. The Morgan fingerprint density at radius 2 is 1.44 bits per heavy atom. The molecule has 0 bridgehead atoms. The number of nitrogens with two attached hydrogens (primary N) is 2. The zero-order valence-electron chi connectivity index (χ0n) is 11.8. The van der Waals surface area contributed by atoms with Crippen LogP contribution in [0, 0.1) is 0 Å². The molecule has 0 saturated carbocycles. The Labute approximate surface area is 109 Å². The molecule has 1 heterocycles. The minimum Gasteiger partial charge on any atom is -0.368 e. The summed E-state index contributed by atoms with van der Waals surface area (Å²) in [7, 11) is 0. The van der Waals surface area contributed by atoms with E-state index in [9.17, 15) is 0 Å². The van der Waals surface area contributed by atoms with Crippen molar-refractivity contribution in [2.75, 3.05) is 36.0 Å². The van der Waals surface area contributed by atoms with Crippen molar-refractivity contribution in [2.24, 2.45) is 11.7 Å². The van der Waals surface area contributed by atoms with E-state index >= 15 is 0 Å². The monoisotopic (exact) mass is 255 g/mol. The van der Waals surface area contributed by atoms with Crippen molar-refractivity contribution >= 4 is 11.5 Å². The number of rotatable bonds is 6. The smallest absolute Gasteiger partial charge is 0.178 e. The quantitative estimate of drug-likeness (QED) is 0.560. The van der Waals surface area contributed by atoms with Crippen LogP contribution in [-0.4, -0.2) is 41.6 Å². The van der Waals surface area contributed by atoms with E-state index in [-0.39, 0.29) is 0 Å². The molecule has 0 unspecified atom stereocenters. The zero-order valence-corrected chi connectivity index (χ0v) is 11.8. The Kier molecular flexibility index (Phi) is 8.77. The van der Waals surface area contributed by atoms with Gasteiger partial charge in [0.05, 0.1) is 6.20 Å². The molecule has 0 saturated heterocycles. The third-order valence-electron chi connectivity index (χ3n) is 2.77. The molecule has 0 aliphatic carbocycles. The van der Waals surface area contributed by atoms with Crippen LogP contribution in [0.25, 0.3) is 0 Å². The lowest BCUT2D eigenvalue weighted by Gasteiger charge is -2.27. The molecule has 0 aliphatic rings. The summed E-state index contributed by atoms with van der Waals surface area (Å²) in [4.78, 5) is 4.44. The predicted molar refractivity (Wildman–Crippen MR) is 75.3 cm³/mol. The molecule has 104 valence electrons. The lowest BCUT2D eigenvalue weighted by Crippen LogP contribution is -2.29. The maximum absolute atomic E-state index is 4.16. The van der Waals surface area contributed by atoms with Crippen molar-refractivity contribution < 1.29 is 0 Å². The summed E-state index contributed by atoms with van der Waals surface area (Å²) in [6.45, 7) is 12.3. The van der Waals surface area contributed by atoms with Crippen LogP contribution >= 0.6 is 0 Å². The normalized spacial score (nSPS) is 9.44. The summed E-state index contributed by atoms with van der Waals surface area (Å²) in [5.74, 6) is 8.93. The van der Waals surface area contributed by atoms with E-state index < -0.39 is 0 Å². The minimum absolute atomic E-state index is 0.934. The fraction of sp³-hybridized carbons (Fsp3) is 0.727. The molecule has 0 atom stereocenters. The average molecular weight is 255 g/mol. The summed E-state index contributed by atoms with van der Waals surface area (Å²) in [6.07, 6.45) is 1.80. The highest BCUT2D eigenvalue weighted by molar-refractivity contribution is 5.65. The Bertz CT molecular complexity index is 279. The molecule has 0 spiro atoms. The zero-order chi connectivity index (χ0) is 14.0. The Morgan fingerprint density at radius 3 is 1.89 bits per heavy atom. The first-order valence-corrected chi connectivity index (χ1v) is 6.29. The highest BCUT2D eigenvalue weighted by Crippen LogP contribution is 2.24. The molecule has 7 heteroatoms. The van der Waals surface area contributed by atoms with Crippen LogP contribution in [0.15, 0.2) is 6.20 Å². The van der Waals surface area contributed by atoms with Crippen molar-refractivity contribution in [3.05, 3.63) is 6.20 Å². The number of anilines is 2. The lowest BCUT2D eigenvalue weighted by molar-refractivity contribution is 0.764. The van der Waals surface area contributed by atoms with Gasteiger partial charge in [-0.3, -0.25) is 11.7 Å². The summed E-state index contributed by atoms with van der Waals surface area (Å²) < 4.78 is 0. The fourth-order valence-corrected chi connectivity index (χ4v) is 1.79. The van der Waals surface area contributed by atoms with Crippen LogP contribution in [0.4, 0.5) is 11.5 Å². The Hall–Kier alpha value is -1.47. The second kappa shape index (κ2) is 9.55. The molecule has 0 amide bonds. The molecule has 7 nitrogen and oxygen atoms in total. The first kappa shape index (κ1) is 16.5. The van der Waals surface area contributed by atoms with Gasteiger partial charge in [0.15, 0.2) is 5.82 Å². The van der Waals surface area contributed by atoms with Gasteiger partial charge in [0.25, 0.3) is 0 Å². The second-order valence-corrected chi connectivity index (χ2v) is 3.49. The average Bonchev–Trinajstić information content (AvgIpc) is 2.45. The van der Waals surface area contributed by atoms with Crippen LogP contribution in [0.2, 0.25) is 0 Å². The van der Waals surface area contributed by atoms with E-state index in [1.807, 2.05) is 0 Å². The molecule has 0 radical (unpaired) electrons. The summed E-state index contributed by atoms with van der Waals surface area (Å²) >= 11 is 0. The fourth-order valence-electron chi connectivity index (χ4n) is 1.79. The molecule has 18 heavy (non-hydrogen) atoms. The largest absolute Gasteiger partial charge is 0.368 e. The molecular weight excluding hydrogens is 230 g/mol. The van der Waals surface area contributed by atoms with Crippen LogP contribution in [-0.2, 0) is 0 Å².